The summed E-state index contributed by atoms with van der Waals surface area (Å²) in [5.74, 6) is -2.51. The van der Waals surface area contributed by atoms with Crippen LogP contribution in [0.4, 0.5) is 10.2 Å². The monoisotopic (exact) mass is 464 g/mol. The molecule has 1 aliphatic rings. The quantitative estimate of drug-likeness (QED) is 0.433. The molecule has 0 aromatic carbocycles. The highest BCUT2D eigenvalue weighted by Crippen LogP contribution is 2.22. The molecule has 2 N–H and O–H groups in total. The molecule has 2 aromatic rings. The normalized spacial score (nSPS) is 15.5. The van der Waals surface area contributed by atoms with Crippen LogP contribution in [0.15, 0.2) is 17.1 Å². The largest absolute Gasteiger partial charge is 0.481 e. The molecular formula is C22H31FN5O5+. The second-order valence-corrected chi connectivity index (χ2v) is 9.16. The highest BCUT2D eigenvalue weighted by atomic mass is 19.1. The average Bonchev–Trinajstić information content (AvgIpc) is 2.73. The number of carboxylic acids is 1. The van der Waals surface area contributed by atoms with Crippen molar-refractivity contribution in [3.05, 3.63) is 33.9 Å². The molecule has 33 heavy (non-hydrogen) atoms. The molecule has 1 fully saturated rings. The summed E-state index contributed by atoms with van der Waals surface area (Å²) in [6, 6.07) is 1.12. The number of nitrogens with one attached hydrogen (secondary N) is 1. The predicted octanol–water partition coefficient (Wildman–Crippen LogP) is 0.671. The van der Waals surface area contributed by atoms with E-state index in [0.29, 0.717) is 37.2 Å². The van der Waals surface area contributed by atoms with Gasteiger partial charge in [0, 0.05) is 38.9 Å². The van der Waals surface area contributed by atoms with Gasteiger partial charge < -0.3 is 29.1 Å². The topological polar surface area (TPSA) is 114 Å². The van der Waals surface area contributed by atoms with E-state index in [9.17, 15) is 23.9 Å². The Kier molecular flexibility index (Phi) is 7.33. The third-order valence-corrected chi connectivity index (χ3v) is 5.39. The summed E-state index contributed by atoms with van der Waals surface area (Å²) in [6.45, 7) is 5.04. The molecule has 0 saturated carbocycles. The van der Waals surface area contributed by atoms with Crippen LogP contribution in [0, 0.1) is 5.82 Å². The first-order chi connectivity index (χ1) is 15.5. The minimum atomic E-state index is -1.11. The molecule has 180 valence electrons. The summed E-state index contributed by atoms with van der Waals surface area (Å²) in [5.41, 5.74) is -0.697. The van der Waals surface area contributed by atoms with Gasteiger partial charge in [-0.05, 0) is 13.0 Å². The number of nitrogens with zero attached hydrogens (tertiary/aromatic N) is 4. The van der Waals surface area contributed by atoms with Crippen molar-refractivity contribution in [3.63, 3.8) is 0 Å². The van der Waals surface area contributed by atoms with Crippen molar-refractivity contribution in [2.24, 2.45) is 0 Å². The van der Waals surface area contributed by atoms with Crippen LogP contribution >= 0.6 is 0 Å². The van der Waals surface area contributed by atoms with Gasteiger partial charge in [-0.3, -0.25) is 9.59 Å². The minimum Gasteiger partial charge on any atom is -0.481 e. The first kappa shape index (κ1) is 24.6. The van der Waals surface area contributed by atoms with Crippen molar-refractivity contribution in [2.75, 3.05) is 58.8 Å². The van der Waals surface area contributed by atoms with Crippen LogP contribution in [0.25, 0.3) is 11.0 Å². The van der Waals surface area contributed by atoms with E-state index in [1.807, 2.05) is 33.0 Å². The second-order valence-electron chi connectivity index (χ2n) is 9.16. The molecule has 0 amide bonds. The lowest BCUT2D eigenvalue weighted by molar-refractivity contribution is -0.873. The van der Waals surface area contributed by atoms with E-state index in [-0.39, 0.29) is 35.4 Å². The number of carbonyl (C=O) groups is 2. The molecule has 3 rings (SSSR count). The number of hydrogen-bond acceptors (Lipinski definition) is 7. The maximum Gasteiger partial charge on any atom is 0.344 e. The highest BCUT2D eigenvalue weighted by Gasteiger charge is 2.28. The number of rotatable bonds is 8. The third-order valence-electron chi connectivity index (χ3n) is 5.39. The van der Waals surface area contributed by atoms with Crippen molar-refractivity contribution >= 4 is 28.8 Å². The predicted molar refractivity (Wildman–Crippen MR) is 121 cm³/mol. The number of ether oxygens (including phenoxy) is 1. The average molecular weight is 465 g/mol. The number of carboxylic acid groups (broad SMARTS) is 1. The van der Waals surface area contributed by atoms with E-state index in [1.54, 1.807) is 4.57 Å². The maximum atomic E-state index is 14.9. The smallest absolute Gasteiger partial charge is 0.344 e. The zero-order valence-corrected chi connectivity index (χ0v) is 19.4. The summed E-state index contributed by atoms with van der Waals surface area (Å²) >= 11 is 0. The van der Waals surface area contributed by atoms with E-state index in [4.69, 9.17) is 4.74 Å². The van der Waals surface area contributed by atoms with Gasteiger partial charge in [0.05, 0.1) is 33.0 Å². The standard InChI is InChI=1S/C22H30FN5O5/c1-5-26-12-16(22(32)33-14(10-18(29)30)13-28(2,3)4)19(31)15-11-17(23)21(25-20(15)26)27-8-6-24-7-9-27/h11-12,14,24H,5-10,13H2,1-4H3/p+1. The van der Waals surface area contributed by atoms with E-state index < -0.39 is 29.3 Å². The fraction of sp³-hybridized carbons (Fsp3) is 0.545. The van der Waals surface area contributed by atoms with Gasteiger partial charge in [0.25, 0.3) is 0 Å². The number of anilines is 1. The molecule has 3 heterocycles. The van der Waals surface area contributed by atoms with Crippen LogP contribution in [0.5, 0.6) is 0 Å². The van der Waals surface area contributed by atoms with Crippen LogP contribution in [-0.2, 0) is 16.1 Å². The second kappa shape index (κ2) is 9.84. The summed E-state index contributed by atoms with van der Waals surface area (Å²) in [7, 11) is 5.52. The van der Waals surface area contributed by atoms with Crippen LogP contribution in [-0.4, -0.2) is 91.1 Å². The number of pyridine rings is 2. The van der Waals surface area contributed by atoms with Crippen LogP contribution in [0.2, 0.25) is 0 Å². The number of halogens is 1. The fourth-order valence-corrected chi connectivity index (χ4v) is 3.93. The molecule has 0 spiro atoms. The first-order valence-electron chi connectivity index (χ1n) is 10.9. The lowest BCUT2D eigenvalue weighted by Crippen LogP contribution is -2.44. The van der Waals surface area contributed by atoms with Gasteiger partial charge in [0.1, 0.15) is 17.8 Å². The van der Waals surface area contributed by atoms with Gasteiger partial charge in [-0.2, -0.15) is 0 Å². The molecule has 1 atom stereocenters. The van der Waals surface area contributed by atoms with Crippen LogP contribution in [0.1, 0.15) is 23.7 Å². The number of fused-ring (bicyclic) bond motifs is 1. The summed E-state index contributed by atoms with van der Waals surface area (Å²) in [6.07, 6.45) is 0.0367. The number of quaternary nitrogens is 1. The Hall–Kier alpha value is -3.05. The summed E-state index contributed by atoms with van der Waals surface area (Å²) in [5, 5.41) is 12.4. The van der Waals surface area contributed by atoms with E-state index in [0.717, 1.165) is 6.07 Å². The van der Waals surface area contributed by atoms with E-state index >= 15 is 0 Å². The van der Waals surface area contributed by atoms with Gasteiger partial charge in [0.2, 0.25) is 5.43 Å². The molecule has 0 radical (unpaired) electrons. The molecule has 11 heteroatoms. The lowest BCUT2D eigenvalue weighted by Gasteiger charge is -2.29. The van der Waals surface area contributed by atoms with Gasteiger partial charge in [-0.15, -0.1) is 0 Å². The Morgan fingerprint density at radius 2 is 1.97 bits per heavy atom. The number of likely N-dealkylation sites (N-methyl/N-ethyl adjacent to an activating group) is 1. The molecule has 2 aromatic heterocycles. The third kappa shape index (κ3) is 5.85. The van der Waals surface area contributed by atoms with Crippen LogP contribution < -0.4 is 15.6 Å². The van der Waals surface area contributed by atoms with Crippen molar-refractivity contribution in [3.8, 4) is 0 Å². The van der Waals surface area contributed by atoms with Crippen molar-refractivity contribution in [2.45, 2.75) is 26.0 Å². The number of carbonyl (C=O) groups excluding carboxylic acids is 1. The molecule has 1 unspecified atom stereocenters. The number of aromatic nitrogens is 2. The molecule has 1 saturated heterocycles. The zero-order valence-electron chi connectivity index (χ0n) is 19.4. The number of aliphatic carboxylic acids is 1. The molecule has 0 bridgehead atoms. The Morgan fingerprint density at radius 1 is 1.30 bits per heavy atom. The lowest BCUT2D eigenvalue weighted by atomic mass is 10.1. The number of hydrogen-bond donors (Lipinski definition) is 2. The summed E-state index contributed by atoms with van der Waals surface area (Å²) < 4.78 is 22.3. The van der Waals surface area contributed by atoms with Gasteiger partial charge in [0.15, 0.2) is 17.7 Å². The zero-order chi connectivity index (χ0) is 24.3. The van der Waals surface area contributed by atoms with Gasteiger partial charge >= 0.3 is 11.9 Å². The fourth-order valence-electron chi connectivity index (χ4n) is 3.93. The number of piperazine rings is 1. The van der Waals surface area contributed by atoms with Gasteiger partial charge in [-0.1, -0.05) is 0 Å². The van der Waals surface area contributed by atoms with E-state index in [1.165, 1.54) is 6.20 Å². The van der Waals surface area contributed by atoms with Gasteiger partial charge in [-0.25, -0.2) is 14.2 Å². The van der Waals surface area contributed by atoms with Crippen molar-refractivity contribution in [1.82, 2.24) is 14.9 Å². The first-order valence-corrected chi connectivity index (χ1v) is 10.9. The summed E-state index contributed by atoms with van der Waals surface area (Å²) in [4.78, 5) is 43.5. The number of esters is 1. The van der Waals surface area contributed by atoms with Crippen molar-refractivity contribution in [1.29, 1.82) is 0 Å². The van der Waals surface area contributed by atoms with Crippen LogP contribution in [0.3, 0.4) is 0 Å². The Bertz CT molecular complexity index is 1110. The SMILES string of the molecule is CCn1cc(C(=O)OC(CC(=O)O)C[N+](C)(C)C)c(=O)c2cc(F)c(N3CCNCC3)nc21. The highest BCUT2D eigenvalue weighted by molar-refractivity contribution is 5.93. The molecule has 0 aliphatic carbocycles. The minimum absolute atomic E-state index is 0.0240. The molecule has 10 nitrogen and oxygen atoms in total. The Morgan fingerprint density at radius 3 is 2.55 bits per heavy atom. The Balaban J connectivity index is 2.01. The maximum absolute atomic E-state index is 14.9. The molecular weight excluding hydrogens is 433 g/mol. The van der Waals surface area contributed by atoms with Crippen molar-refractivity contribution < 1.29 is 28.3 Å². The Labute approximate surface area is 191 Å². The van der Waals surface area contributed by atoms with E-state index in [2.05, 4.69) is 10.3 Å². The molecule has 1 aliphatic heterocycles. The number of aryl methyl sites for hydroxylation is 1.